The zero-order valence-corrected chi connectivity index (χ0v) is 15.1. The number of hydrogen-bond donors (Lipinski definition) is 1. The van der Waals surface area contributed by atoms with Crippen molar-refractivity contribution >= 4 is 26.6 Å². The fourth-order valence-electron chi connectivity index (χ4n) is 3.55. The van der Waals surface area contributed by atoms with Crippen LogP contribution in [0.2, 0.25) is 0 Å². The number of amides is 1. The van der Waals surface area contributed by atoms with Crippen LogP contribution >= 0.6 is 0 Å². The second kappa shape index (κ2) is 6.61. The van der Waals surface area contributed by atoms with E-state index < -0.39 is 9.84 Å². The van der Waals surface area contributed by atoms with Crippen LogP contribution in [-0.2, 0) is 21.2 Å². The van der Waals surface area contributed by atoms with Crippen LogP contribution in [0.15, 0.2) is 60.7 Å². The van der Waals surface area contributed by atoms with Gasteiger partial charge in [-0.05, 0) is 24.1 Å². The van der Waals surface area contributed by atoms with Crippen molar-refractivity contribution < 1.29 is 13.2 Å². The van der Waals surface area contributed by atoms with Crippen molar-refractivity contribution in [1.82, 2.24) is 9.88 Å². The van der Waals surface area contributed by atoms with Crippen LogP contribution in [0.1, 0.15) is 6.42 Å². The molecule has 1 fully saturated rings. The number of hydrogen-bond acceptors (Lipinski definition) is 3. The van der Waals surface area contributed by atoms with Gasteiger partial charge in [-0.15, -0.1) is 0 Å². The second-order valence-corrected chi connectivity index (χ2v) is 8.94. The molecule has 1 aliphatic heterocycles. The number of aromatic nitrogens is 1. The van der Waals surface area contributed by atoms with E-state index in [9.17, 15) is 13.2 Å². The SMILES string of the molecule is O=C(Cn1c(-c2ccccc2)cc2ccccc21)N[C@@H]1CCS(=O)(=O)C1. The van der Waals surface area contributed by atoms with Crippen molar-refractivity contribution in [1.29, 1.82) is 0 Å². The molecule has 0 saturated carbocycles. The van der Waals surface area contributed by atoms with Gasteiger partial charge in [0.15, 0.2) is 9.84 Å². The smallest absolute Gasteiger partial charge is 0.240 e. The first-order chi connectivity index (χ1) is 12.5. The van der Waals surface area contributed by atoms with E-state index in [0.29, 0.717) is 6.42 Å². The fourth-order valence-corrected chi connectivity index (χ4v) is 5.23. The van der Waals surface area contributed by atoms with E-state index in [1.165, 1.54) is 0 Å². The summed E-state index contributed by atoms with van der Waals surface area (Å²) in [6.45, 7) is 0.161. The van der Waals surface area contributed by atoms with Gasteiger partial charge in [0.25, 0.3) is 0 Å². The maximum Gasteiger partial charge on any atom is 0.240 e. The minimum absolute atomic E-state index is 0.0384. The molecule has 134 valence electrons. The maximum absolute atomic E-state index is 12.6. The molecule has 26 heavy (non-hydrogen) atoms. The third kappa shape index (κ3) is 3.37. The Morgan fingerprint density at radius 3 is 2.54 bits per heavy atom. The highest BCUT2D eigenvalue weighted by Gasteiger charge is 2.29. The second-order valence-electron chi connectivity index (χ2n) is 6.71. The molecule has 2 aromatic carbocycles. The number of carbonyl (C=O) groups is 1. The van der Waals surface area contributed by atoms with Gasteiger partial charge in [0.05, 0.1) is 11.5 Å². The predicted octanol–water partition coefficient (Wildman–Crippen LogP) is 2.61. The van der Waals surface area contributed by atoms with E-state index in [1.54, 1.807) is 0 Å². The lowest BCUT2D eigenvalue weighted by molar-refractivity contribution is -0.122. The first-order valence-corrected chi connectivity index (χ1v) is 10.5. The van der Waals surface area contributed by atoms with Crippen molar-refractivity contribution in [3.8, 4) is 11.3 Å². The Morgan fingerprint density at radius 1 is 1.08 bits per heavy atom. The average Bonchev–Trinajstić information content (AvgIpc) is 3.16. The monoisotopic (exact) mass is 368 g/mol. The number of fused-ring (bicyclic) bond motifs is 1. The lowest BCUT2D eigenvalue weighted by atomic mass is 10.1. The van der Waals surface area contributed by atoms with Gasteiger partial charge in [0.2, 0.25) is 5.91 Å². The van der Waals surface area contributed by atoms with Crippen molar-refractivity contribution in [2.45, 2.75) is 19.0 Å². The van der Waals surface area contributed by atoms with Gasteiger partial charge in [-0.25, -0.2) is 8.42 Å². The Labute approximate surface area is 152 Å². The molecular formula is C20H20N2O3S. The van der Waals surface area contributed by atoms with Crippen LogP contribution in [0.4, 0.5) is 0 Å². The van der Waals surface area contributed by atoms with E-state index in [0.717, 1.165) is 22.2 Å². The number of sulfone groups is 1. The minimum Gasteiger partial charge on any atom is -0.351 e. The highest BCUT2D eigenvalue weighted by molar-refractivity contribution is 7.91. The molecule has 1 saturated heterocycles. The van der Waals surface area contributed by atoms with Gasteiger partial charge in [0.1, 0.15) is 6.54 Å². The van der Waals surface area contributed by atoms with Crippen LogP contribution in [-0.4, -0.2) is 36.4 Å². The maximum atomic E-state index is 12.6. The standard InChI is InChI=1S/C20H20N2O3S/c23-20(21-17-10-11-26(24,25)14-17)13-22-18-9-5-4-8-16(18)12-19(22)15-6-2-1-3-7-15/h1-9,12,17H,10-11,13-14H2,(H,21,23)/t17-/m1/s1. The number of para-hydroxylation sites is 1. The summed E-state index contributed by atoms with van der Waals surface area (Å²) in [6, 6.07) is 19.7. The lowest BCUT2D eigenvalue weighted by Crippen LogP contribution is -2.37. The molecule has 1 N–H and O–H groups in total. The molecular weight excluding hydrogens is 348 g/mol. The van der Waals surface area contributed by atoms with E-state index in [1.807, 2.05) is 59.2 Å². The van der Waals surface area contributed by atoms with Gasteiger partial charge in [-0.2, -0.15) is 0 Å². The predicted molar refractivity (Wildman–Crippen MR) is 103 cm³/mol. The molecule has 0 aliphatic carbocycles. The van der Waals surface area contributed by atoms with E-state index >= 15 is 0 Å². The Bertz CT molecular complexity index is 1060. The molecule has 3 aromatic rings. The quantitative estimate of drug-likeness (QED) is 0.770. The van der Waals surface area contributed by atoms with Gasteiger partial charge in [-0.1, -0.05) is 48.5 Å². The third-order valence-electron chi connectivity index (χ3n) is 4.78. The highest BCUT2D eigenvalue weighted by Crippen LogP contribution is 2.28. The Kier molecular flexibility index (Phi) is 4.28. The molecule has 0 unspecified atom stereocenters. The molecule has 4 rings (SSSR count). The van der Waals surface area contributed by atoms with Crippen molar-refractivity contribution in [2.24, 2.45) is 0 Å². The van der Waals surface area contributed by atoms with Crippen LogP contribution in [0.25, 0.3) is 22.2 Å². The van der Waals surface area contributed by atoms with Crippen LogP contribution in [0.3, 0.4) is 0 Å². The molecule has 1 amide bonds. The Morgan fingerprint density at radius 2 is 1.81 bits per heavy atom. The molecule has 1 aromatic heterocycles. The van der Waals surface area contributed by atoms with Gasteiger partial charge in [-0.3, -0.25) is 4.79 Å². The van der Waals surface area contributed by atoms with E-state index in [4.69, 9.17) is 0 Å². The zero-order chi connectivity index (χ0) is 18.1. The molecule has 1 atom stereocenters. The van der Waals surface area contributed by atoms with Crippen molar-refractivity contribution in [3.63, 3.8) is 0 Å². The van der Waals surface area contributed by atoms with Crippen LogP contribution in [0.5, 0.6) is 0 Å². The average molecular weight is 368 g/mol. The lowest BCUT2D eigenvalue weighted by Gasteiger charge is -2.14. The number of benzene rings is 2. The summed E-state index contributed by atoms with van der Waals surface area (Å²) < 4.78 is 25.2. The van der Waals surface area contributed by atoms with Gasteiger partial charge in [0, 0.05) is 22.6 Å². The first kappa shape index (κ1) is 16.8. The summed E-state index contributed by atoms with van der Waals surface area (Å²) in [7, 11) is -3.01. The topological polar surface area (TPSA) is 68.2 Å². The fraction of sp³-hybridized carbons (Fsp3) is 0.250. The van der Waals surface area contributed by atoms with E-state index in [-0.39, 0.29) is 30.0 Å². The summed E-state index contributed by atoms with van der Waals surface area (Å²) in [6.07, 6.45) is 0.492. The molecule has 1 aliphatic rings. The number of nitrogens with one attached hydrogen (secondary N) is 1. The summed E-state index contributed by atoms with van der Waals surface area (Å²) in [5.74, 6) is 0.0294. The summed E-state index contributed by atoms with van der Waals surface area (Å²) in [5.41, 5.74) is 3.00. The number of carbonyl (C=O) groups excluding carboxylic acids is 1. The van der Waals surface area contributed by atoms with Crippen LogP contribution < -0.4 is 5.32 Å². The van der Waals surface area contributed by atoms with Crippen molar-refractivity contribution in [3.05, 3.63) is 60.7 Å². The molecule has 2 heterocycles. The molecule has 6 heteroatoms. The summed E-state index contributed by atoms with van der Waals surface area (Å²) >= 11 is 0. The number of rotatable bonds is 4. The van der Waals surface area contributed by atoms with Gasteiger partial charge < -0.3 is 9.88 Å². The Hall–Kier alpha value is -2.60. The van der Waals surface area contributed by atoms with E-state index in [2.05, 4.69) is 11.4 Å². The third-order valence-corrected chi connectivity index (χ3v) is 6.55. The first-order valence-electron chi connectivity index (χ1n) is 8.65. The minimum atomic E-state index is -3.01. The summed E-state index contributed by atoms with van der Waals surface area (Å²) in [4.78, 5) is 12.6. The molecule has 5 nitrogen and oxygen atoms in total. The largest absolute Gasteiger partial charge is 0.351 e. The van der Waals surface area contributed by atoms with Crippen molar-refractivity contribution in [2.75, 3.05) is 11.5 Å². The molecule has 0 bridgehead atoms. The Balaban J connectivity index is 1.64. The molecule has 0 spiro atoms. The van der Waals surface area contributed by atoms with Gasteiger partial charge >= 0.3 is 0 Å². The highest BCUT2D eigenvalue weighted by atomic mass is 32.2. The normalized spacial score (nSPS) is 18.8. The molecule has 0 radical (unpaired) electrons. The number of nitrogens with zero attached hydrogens (tertiary/aromatic N) is 1. The zero-order valence-electron chi connectivity index (χ0n) is 14.3. The van der Waals surface area contributed by atoms with Crippen LogP contribution in [0, 0.1) is 0 Å². The summed E-state index contributed by atoms with van der Waals surface area (Å²) in [5, 5.41) is 3.95.